The lowest BCUT2D eigenvalue weighted by Gasteiger charge is -2.15. The molecule has 3 N–H and O–H groups in total. The summed E-state index contributed by atoms with van der Waals surface area (Å²) in [5.41, 5.74) is 5.26. The van der Waals surface area contributed by atoms with Gasteiger partial charge in [-0.25, -0.2) is 0 Å². The Morgan fingerprint density at radius 1 is 1.21 bits per heavy atom. The standard InChI is InChI=1S/C13H26N2O4/c1-3-4-5-6-7-11(13(14)17)15-12(16)10-19-9-8-18-2/h11H,3-10H2,1-2H3,(H2,14,17)(H,15,16)/t11-/m0/s1. The summed E-state index contributed by atoms with van der Waals surface area (Å²) in [4.78, 5) is 22.7. The second-order valence-corrected chi connectivity index (χ2v) is 4.42. The molecule has 0 aromatic carbocycles. The zero-order valence-electron chi connectivity index (χ0n) is 11.9. The molecule has 0 aliphatic rings. The highest BCUT2D eigenvalue weighted by Gasteiger charge is 2.17. The van der Waals surface area contributed by atoms with Gasteiger partial charge in [0.15, 0.2) is 0 Å². The molecule has 0 saturated heterocycles. The molecule has 0 radical (unpaired) electrons. The summed E-state index contributed by atoms with van der Waals surface area (Å²) in [5.74, 6) is -0.822. The van der Waals surface area contributed by atoms with Gasteiger partial charge in [-0.15, -0.1) is 0 Å². The average molecular weight is 274 g/mol. The summed E-state index contributed by atoms with van der Waals surface area (Å²) in [6, 6.07) is -0.601. The summed E-state index contributed by atoms with van der Waals surface area (Å²) in [7, 11) is 1.56. The first-order chi connectivity index (χ1) is 9.11. The predicted molar refractivity (Wildman–Crippen MR) is 72.6 cm³/mol. The molecule has 6 nitrogen and oxygen atoms in total. The second kappa shape index (κ2) is 11.9. The Morgan fingerprint density at radius 3 is 2.53 bits per heavy atom. The minimum atomic E-state index is -0.601. The fraction of sp³-hybridized carbons (Fsp3) is 0.846. The van der Waals surface area contributed by atoms with Crippen LogP contribution in [0, 0.1) is 0 Å². The molecule has 0 heterocycles. The maximum absolute atomic E-state index is 11.5. The minimum Gasteiger partial charge on any atom is -0.382 e. The van der Waals surface area contributed by atoms with Crippen LogP contribution in [0.1, 0.15) is 39.0 Å². The summed E-state index contributed by atoms with van der Waals surface area (Å²) in [6.07, 6.45) is 4.76. The number of ether oxygens (including phenoxy) is 2. The van der Waals surface area contributed by atoms with Crippen LogP contribution >= 0.6 is 0 Å². The molecular weight excluding hydrogens is 248 g/mol. The van der Waals surface area contributed by atoms with Gasteiger partial charge in [-0.2, -0.15) is 0 Å². The number of carbonyl (C=O) groups is 2. The molecule has 6 heteroatoms. The fourth-order valence-corrected chi connectivity index (χ4v) is 1.60. The summed E-state index contributed by atoms with van der Waals surface area (Å²) >= 11 is 0. The molecule has 0 spiro atoms. The Hall–Kier alpha value is -1.14. The van der Waals surface area contributed by atoms with Crippen LogP contribution in [0.2, 0.25) is 0 Å². The van der Waals surface area contributed by atoms with Gasteiger partial charge in [0.1, 0.15) is 12.6 Å². The summed E-state index contributed by atoms with van der Waals surface area (Å²) < 4.78 is 9.86. The lowest BCUT2D eigenvalue weighted by atomic mass is 10.1. The van der Waals surface area contributed by atoms with Crippen molar-refractivity contribution in [2.45, 2.75) is 45.1 Å². The Morgan fingerprint density at radius 2 is 1.95 bits per heavy atom. The van der Waals surface area contributed by atoms with Crippen LogP contribution in [-0.4, -0.2) is 44.8 Å². The van der Waals surface area contributed by atoms with E-state index in [1.165, 1.54) is 0 Å². The zero-order valence-corrected chi connectivity index (χ0v) is 11.9. The molecule has 0 unspecified atom stereocenters. The van der Waals surface area contributed by atoms with E-state index in [0.29, 0.717) is 19.6 Å². The van der Waals surface area contributed by atoms with E-state index in [2.05, 4.69) is 12.2 Å². The highest BCUT2D eigenvalue weighted by molar-refractivity contribution is 5.86. The van der Waals surface area contributed by atoms with Crippen molar-refractivity contribution in [2.24, 2.45) is 5.73 Å². The van der Waals surface area contributed by atoms with Gasteiger partial charge in [-0.3, -0.25) is 9.59 Å². The van der Waals surface area contributed by atoms with Crippen LogP contribution in [0.5, 0.6) is 0 Å². The van der Waals surface area contributed by atoms with Gasteiger partial charge in [0.05, 0.1) is 13.2 Å². The van der Waals surface area contributed by atoms with E-state index in [1.807, 2.05) is 0 Å². The molecule has 1 atom stereocenters. The van der Waals surface area contributed by atoms with Gasteiger partial charge in [0.2, 0.25) is 11.8 Å². The molecule has 0 aromatic heterocycles. The molecular formula is C13H26N2O4. The first-order valence-corrected chi connectivity index (χ1v) is 6.77. The maximum atomic E-state index is 11.5. The first kappa shape index (κ1) is 17.9. The summed E-state index contributed by atoms with van der Waals surface area (Å²) in [6.45, 7) is 2.82. The quantitative estimate of drug-likeness (QED) is 0.510. The number of unbranched alkanes of at least 4 members (excludes halogenated alkanes) is 3. The van der Waals surface area contributed by atoms with Crippen LogP contribution in [0.3, 0.4) is 0 Å². The number of nitrogens with two attached hydrogens (primary N) is 1. The van der Waals surface area contributed by atoms with Crippen LogP contribution in [0.15, 0.2) is 0 Å². The van der Waals surface area contributed by atoms with Gasteiger partial charge in [0, 0.05) is 7.11 Å². The zero-order chi connectivity index (χ0) is 14.5. The topological polar surface area (TPSA) is 90.7 Å². The molecule has 0 fully saturated rings. The summed E-state index contributed by atoms with van der Waals surface area (Å²) in [5, 5.41) is 2.59. The third-order valence-electron chi connectivity index (χ3n) is 2.69. The highest BCUT2D eigenvalue weighted by Crippen LogP contribution is 2.05. The number of amides is 2. The van der Waals surface area contributed by atoms with E-state index in [-0.39, 0.29) is 12.5 Å². The Balaban J connectivity index is 3.85. The number of rotatable bonds is 12. The van der Waals surface area contributed by atoms with Gasteiger partial charge < -0.3 is 20.5 Å². The van der Waals surface area contributed by atoms with E-state index < -0.39 is 11.9 Å². The number of methoxy groups -OCH3 is 1. The number of nitrogens with one attached hydrogen (secondary N) is 1. The molecule has 0 rings (SSSR count). The van der Waals surface area contributed by atoms with Crippen molar-refractivity contribution in [3.05, 3.63) is 0 Å². The SMILES string of the molecule is CCCCCC[C@H](NC(=O)COCCOC)C(N)=O. The largest absolute Gasteiger partial charge is 0.382 e. The molecule has 0 bridgehead atoms. The number of hydrogen-bond donors (Lipinski definition) is 2. The molecule has 112 valence electrons. The van der Waals surface area contributed by atoms with Gasteiger partial charge in [0.25, 0.3) is 0 Å². The van der Waals surface area contributed by atoms with E-state index >= 15 is 0 Å². The average Bonchev–Trinajstić information content (AvgIpc) is 2.38. The van der Waals surface area contributed by atoms with E-state index in [0.717, 1.165) is 25.7 Å². The van der Waals surface area contributed by atoms with Crippen molar-refractivity contribution in [2.75, 3.05) is 26.9 Å². The van der Waals surface area contributed by atoms with Crippen LogP contribution < -0.4 is 11.1 Å². The molecule has 0 aliphatic heterocycles. The Bertz CT molecular complexity index is 259. The molecule has 2 amide bonds. The van der Waals surface area contributed by atoms with Crippen LogP contribution in [0.25, 0.3) is 0 Å². The Kier molecular flexibility index (Phi) is 11.2. The van der Waals surface area contributed by atoms with Gasteiger partial charge in [-0.05, 0) is 6.42 Å². The lowest BCUT2D eigenvalue weighted by molar-refractivity contribution is -0.130. The smallest absolute Gasteiger partial charge is 0.246 e. The number of primary amides is 1. The van der Waals surface area contributed by atoms with Crippen molar-refractivity contribution in [3.63, 3.8) is 0 Å². The fourth-order valence-electron chi connectivity index (χ4n) is 1.60. The van der Waals surface area contributed by atoms with Crippen molar-refractivity contribution >= 4 is 11.8 Å². The van der Waals surface area contributed by atoms with E-state index in [4.69, 9.17) is 15.2 Å². The maximum Gasteiger partial charge on any atom is 0.246 e. The molecule has 0 aliphatic carbocycles. The van der Waals surface area contributed by atoms with Gasteiger partial charge >= 0.3 is 0 Å². The predicted octanol–water partition coefficient (Wildman–Crippen LogP) is 0.590. The molecule has 0 saturated carbocycles. The minimum absolute atomic E-state index is 0.0812. The Labute approximate surface area is 115 Å². The van der Waals surface area contributed by atoms with E-state index in [9.17, 15) is 9.59 Å². The first-order valence-electron chi connectivity index (χ1n) is 6.77. The monoisotopic (exact) mass is 274 g/mol. The van der Waals surface area contributed by atoms with Crippen LogP contribution in [-0.2, 0) is 19.1 Å². The van der Waals surface area contributed by atoms with Crippen molar-refractivity contribution in [3.8, 4) is 0 Å². The van der Waals surface area contributed by atoms with Crippen molar-refractivity contribution < 1.29 is 19.1 Å². The second-order valence-electron chi connectivity index (χ2n) is 4.42. The lowest BCUT2D eigenvalue weighted by Crippen LogP contribution is -2.45. The highest BCUT2D eigenvalue weighted by atomic mass is 16.5. The third-order valence-corrected chi connectivity index (χ3v) is 2.69. The number of carbonyl (C=O) groups excluding carboxylic acids is 2. The van der Waals surface area contributed by atoms with Crippen molar-refractivity contribution in [1.29, 1.82) is 0 Å². The van der Waals surface area contributed by atoms with Crippen LogP contribution in [0.4, 0.5) is 0 Å². The number of hydrogen-bond acceptors (Lipinski definition) is 4. The van der Waals surface area contributed by atoms with Gasteiger partial charge in [-0.1, -0.05) is 32.6 Å². The molecule has 19 heavy (non-hydrogen) atoms. The van der Waals surface area contributed by atoms with E-state index in [1.54, 1.807) is 7.11 Å². The van der Waals surface area contributed by atoms with Crippen molar-refractivity contribution in [1.82, 2.24) is 5.32 Å². The molecule has 0 aromatic rings. The normalized spacial score (nSPS) is 12.1. The third kappa shape index (κ3) is 10.5.